The maximum atomic E-state index is 12.5. The van der Waals surface area contributed by atoms with Gasteiger partial charge in [-0.2, -0.15) is 5.10 Å². The van der Waals surface area contributed by atoms with Crippen LogP contribution in [-0.4, -0.2) is 36.3 Å². The lowest BCUT2D eigenvalue weighted by molar-refractivity contribution is 0.0955. The van der Waals surface area contributed by atoms with Crippen LogP contribution in [0.4, 0.5) is 0 Å². The van der Waals surface area contributed by atoms with E-state index in [0.717, 1.165) is 16.6 Å². The Morgan fingerprint density at radius 2 is 1.87 bits per heavy atom. The van der Waals surface area contributed by atoms with Gasteiger partial charge in [-0.25, -0.2) is 10.4 Å². The maximum absolute atomic E-state index is 12.5. The molecule has 0 atom stereocenters. The fourth-order valence-corrected chi connectivity index (χ4v) is 3.19. The molecule has 31 heavy (non-hydrogen) atoms. The molecule has 0 saturated heterocycles. The van der Waals surface area contributed by atoms with Crippen molar-refractivity contribution < 1.29 is 14.3 Å². The van der Waals surface area contributed by atoms with E-state index < -0.39 is 0 Å². The number of aromatic amines is 1. The number of fused-ring (bicyclic) bond motifs is 1. The van der Waals surface area contributed by atoms with Crippen LogP contribution in [-0.2, 0) is 0 Å². The van der Waals surface area contributed by atoms with E-state index in [1.54, 1.807) is 62.8 Å². The fraction of sp³-hybridized carbons (Fsp3) is 0.0870. The Bertz CT molecular complexity index is 1270. The van der Waals surface area contributed by atoms with Gasteiger partial charge >= 0.3 is 0 Å². The van der Waals surface area contributed by atoms with Crippen molar-refractivity contribution in [3.05, 3.63) is 76.8 Å². The van der Waals surface area contributed by atoms with E-state index in [1.807, 2.05) is 12.1 Å². The van der Waals surface area contributed by atoms with E-state index in [9.17, 15) is 4.79 Å². The molecule has 7 nitrogen and oxygen atoms in total. The molecule has 0 saturated carbocycles. The Morgan fingerprint density at radius 3 is 2.61 bits per heavy atom. The lowest BCUT2D eigenvalue weighted by Gasteiger charge is -2.06. The van der Waals surface area contributed by atoms with Crippen molar-refractivity contribution >= 4 is 34.8 Å². The second kappa shape index (κ2) is 8.89. The number of benzene rings is 3. The molecule has 2 N–H and O–H groups in total. The molecule has 0 aliphatic heterocycles. The van der Waals surface area contributed by atoms with Crippen LogP contribution in [0.5, 0.6) is 11.5 Å². The molecule has 4 aromatic rings. The number of halogens is 1. The van der Waals surface area contributed by atoms with Gasteiger partial charge in [-0.05, 0) is 60.7 Å². The normalized spacial score (nSPS) is 11.1. The summed E-state index contributed by atoms with van der Waals surface area (Å²) in [5.41, 5.74) is 6.07. The van der Waals surface area contributed by atoms with Crippen molar-refractivity contribution in [1.29, 1.82) is 0 Å². The van der Waals surface area contributed by atoms with Gasteiger partial charge in [0, 0.05) is 21.7 Å². The standard InChI is InChI=1S/C23H19ClN4O3/c1-30-18-8-10-21(31-2)16(11-18)13-25-28-23(29)15-5-9-19-20(12-15)27-22(26-19)14-3-6-17(24)7-4-14/h3-13H,1-2H3,(H,26,27)(H,28,29). The van der Waals surface area contributed by atoms with Gasteiger partial charge in [0.15, 0.2) is 0 Å². The lowest BCUT2D eigenvalue weighted by Crippen LogP contribution is -2.17. The van der Waals surface area contributed by atoms with Crippen LogP contribution in [0.3, 0.4) is 0 Å². The van der Waals surface area contributed by atoms with Crippen LogP contribution in [0.2, 0.25) is 5.02 Å². The van der Waals surface area contributed by atoms with Gasteiger partial charge in [-0.1, -0.05) is 11.6 Å². The Hall–Kier alpha value is -3.84. The third kappa shape index (κ3) is 4.51. The quantitative estimate of drug-likeness (QED) is 0.341. The summed E-state index contributed by atoms with van der Waals surface area (Å²) in [6.45, 7) is 0. The highest BCUT2D eigenvalue weighted by molar-refractivity contribution is 6.30. The van der Waals surface area contributed by atoms with E-state index in [2.05, 4.69) is 20.5 Å². The SMILES string of the molecule is COc1ccc(OC)c(C=NNC(=O)c2ccc3nc(-c4ccc(Cl)cc4)[nH]c3c2)c1. The first-order valence-electron chi connectivity index (χ1n) is 9.38. The van der Waals surface area contributed by atoms with E-state index in [4.69, 9.17) is 21.1 Å². The Kier molecular flexibility index (Phi) is 5.86. The number of nitrogens with zero attached hydrogens (tertiary/aromatic N) is 2. The maximum Gasteiger partial charge on any atom is 0.271 e. The average molecular weight is 435 g/mol. The zero-order valence-electron chi connectivity index (χ0n) is 16.8. The van der Waals surface area contributed by atoms with Crippen LogP contribution in [0.15, 0.2) is 65.8 Å². The molecular formula is C23H19ClN4O3. The Balaban J connectivity index is 1.51. The van der Waals surface area contributed by atoms with Crippen LogP contribution >= 0.6 is 11.6 Å². The van der Waals surface area contributed by atoms with E-state index in [1.165, 1.54) is 6.21 Å². The number of hydrazone groups is 1. The van der Waals surface area contributed by atoms with Crippen molar-refractivity contribution in [3.63, 3.8) is 0 Å². The van der Waals surface area contributed by atoms with E-state index in [0.29, 0.717) is 33.5 Å². The molecule has 1 heterocycles. The van der Waals surface area contributed by atoms with Gasteiger partial charge in [-0.15, -0.1) is 0 Å². The summed E-state index contributed by atoms with van der Waals surface area (Å²) in [5.74, 6) is 1.64. The monoisotopic (exact) mass is 434 g/mol. The van der Waals surface area contributed by atoms with E-state index >= 15 is 0 Å². The number of H-pyrrole nitrogens is 1. The van der Waals surface area contributed by atoms with Gasteiger partial charge in [0.05, 0.1) is 31.5 Å². The number of carbonyl (C=O) groups is 1. The third-order valence-electron chi connectivity index (χ3n) is 4.67. The van der Waals surface area contributed by atoms with Gasteiger partial charge in [0.25, 0.3) is 5.91 Å². The van der Waals surface area contributed by atoms with Gasteiger partial charge < -0.3 is 14.5 Å². The number of methoxy groups -OCH3 is 2. The third-order valence-corrected chi connectivity index (χ3v) is 4.92. The minimum Gasteiger partial charge on any atom is -0.497 e. The number of carbonyl (C=O) groups excluding carboxylic acids is 1. The summed E-state index contributed by atoms with van der Waals surface area (Å²) in [5, 5.41) is 4.70. The molecule has 0 aliphatic carbocycles. The van der Waals surface area contributed by atoms with Crippen molar-refractivity contribution in [2.24, 2.45) is 5.10 Å². The summed E-state index contributed by atoms with van der Waals surface area (Å²) in [4.78, 5) is 20.3. The second-order valence-electron chi connectivity index (χ2n) is 6.63. The zero-order chi connectivity index (χ0) is 21.8. The number of ether oxygens (including phenoxy) is 2. The largest absolute Gasteiger partial charge is 0.497 e. The minimum absolute atomic E-state index is 0.345. The van der Waals surface area contributed by atoms with Gasteiger partial charge in [0.2, 0.25) is 0 Å². The summed E-state index contributed by atoms with van der Waals surface area (Å²) in [6.07, 6.45) is 1.51. The van der Waals surface area contributed by atoms with Crippen LogP contribution in [0, 0.1) is 0 Å². The average Bonchev–Trinajstić information content (AvgIpc) is 3.22. The molecular weight excluding hydrogens is 416 g/mol. The number of hydrogen-bond acceptors (Lipinski definition) is 5. The van der Waals surface area contributed by atoms with Crippen LogP contribution in [0.1, 0.15) is 15.9 Å². The second-order valence-corrected chi connectivity index (χ2v) is 7.07. The number of hydrogen-bond donors (Lipinski definition) is 2. The van der Waals surface area contributed by atoms with E-state index in [-0.39, 0.29) is 5.91 Å². The predicted octanol–water partition coefficient (Wildman–Crippen LogP) is 4.66. The molecule has 1 aromatic heterocycles. The first-order valence-corrected chi connectivity index (χ1v) is 9.76. The van der Waals surface area contributed by atoms with Crippen molar-refractivity contribution in [1.82, 2.24) is 15.4 Å². The Morgan fingerprint density at radius 1 is 1.06 bits per heavy atom. The fourth-order valence-electron chi connectivity index (χ4n) is 3.06. The number of aromatic nitrogens is 2. The minimum atomic E-state index is -0.345. The molecule has 156 valence electrons. The zero-order valence-corrected chi connectivity index (χ0v) is 17.6. The lowest BCUT2D eigenvalue weighted by atomic mass is 10.2. The smallest absolute Gasteiger partial charge is 0.271 e. The topological polar surface area (TPSA) is 88.6 Å². The molecule has 3 aromatic carbocycles. The molecule has 0 aliphatic rings. The molecule has 1 amide bonds. The number of imidazole rings is 1. The first kappa shape index (κ1) is 20.4. The highest BCUT2D eigenvalue weighted by Crippen LogP contribution is 2.24. The molecule has 0 fully saturated rings. The summed E-state index contributed by atoms with van der Waals surface area (Å²) in [6, 6.07) is 17.9. The molecule has 4 rings (SSSR count). The number of nitrogens with one attached hydrogen (secondary N) is 2. The van der Waals surface area contributed by atoms with Crippen molar-refractivity contribution in [3.8, 4) is 22.9 Å². The molecule has 0 radical (unpaired) electrons. The molecule has 0 bridgehead atoms. The summed E-state index contributed by atoms with van der Waals surface area (Å²) < 4.78 is 10.5. The predicted molar refractivity (Wildman–Crippen MR) is 121 cm³/mol. The first-order chi connectivity index (χ1) is 15.1. The molecule has 8 heteroatoms. The molecule has 0 spiro atoms. The van der Waals surface area contributed by atoms with Gasteiger partial charge in [0.1, 0.15) is 17.3 Å². The molecule has 0 unspecified atom stereocenters. The van der Waals surface area contributed by atoms with Gasteiger partial charge in [-0.3, -0.25) is 4.79 Å². The Labute approximate surface area is 183 Å². The highest BCUT2D eigenvalue weighted by Gasteiger charge is 2.10. The number of rotatable bonds is 6. The van der Waals surface area contributed by atoms with Crippen molar-refractivity contribution in [2.45, 2.75) is 0 Å². The van der Waals surface area contributed by atoms with Crippen molar-refractivity contribution in [2.75, 3.05) is 14.2 Å². The van der Waals surface area contributed by atoms with Crippen LogP contribution in [0.25, 0.3) is 22.4 Å². The highest BCUT2D eigenvalue weighted by atomic mass is 35.5. The number of amides is 1. The summed E-state index contributed by atoms with van der Waals surface area (Å²) in [7, 11) is 3.14. The summed E-state index contributed by atoms with van der Waals surface area (Å²) >= 11 is 5.95. The van der Waals surface area contributed by atoms with Crippen LogP contribution < -0.4 is 14.9 Å².